The van der Waals surface area contributed by atoms with Gasteiger partial charge in [0.2, 0.25) is 0 Å². The number of aromatic nitrogens is 2. The number of carbonyl (C=O) groups excluding carboxylic acids is 1. The van der Waals surface area contributed by atoms with Crippen molar-refractivity contribution in [3.63, 3.8) is 0 Å². The first-order valence-corrected chi connectivity index (χ1v) is 11.0. The summed E-state index contributed by atoms with van der Waals surface area (Å²) in [6.45, 7) is 5.71. The number of aryl methyl sites for hydroxylation is 3. The van der Waals surface area contributed by atoms with Crippen molar-refractivity contribution in [3.05, 3.63) is 86.8 Å². The summed E-state index contributed by atoms with van der Waals surface area (Å²) in [5.74, 6) is 0.861. The lowest BCUT2D eigenvalue weighted by molar-refractivity contribution is -0.118. The predicted molar refractivity (Wildman–Crippen MR) is 125 cm³/mol. The van der Waals surface area contributed by atoms with Crippen molar-refractivity contribution in [3.8, 4) is 11.5 Å². The molecular formula is C24H23N3O4S. The molecule has 0 saturated heterocycles. The Labute approximate surface area is 189 Å². The number of nitrogens with one attached hydrogen (secondary N) is 1. The van der Waals surface area contributed by atoms with Crippen molar-refractivity contribution < 1.29 is 14.3 Å². The minimum atomic E-state index is -0.296. The number of para-hydroxylation sites is 1. The molecule has 7 nitrogen and oxygen atoms in total. The molecule has 0 fully saturated rings. The third-order valence-electron chi connectivity index (χ3n) is 4.87. The zero-order valence-electron chi connectivity index (χ0n) is 18.0. The Morgan fingerprint density at radius 2 is 1.88 bits per heavy atom. The number of rotatable bonds is 7. The first-order valence-electron chi connectivity index (χ1n) is 10.1. The standard InChI is InChI=1S/C24H23N3O4S/c1-15-8-9-21(30-12-18-11-23(29)27-17(3)14-32-24(27)25-18)19(10-15)26-22(28)13-31-20-7-5-4-6-16(20)2/h4-11,14H,12-13H2,1-3H3,(H,26,28). The highest BCUT2D eigenvalue weighted by Crippen LogP contribution is 2.27. The van der Waals surface area contributed by atoms with Crippen molar-refractivity contribution >= 4 is 27.9 Å². The molecule has 2 heterocycles. The average molecular weight is 450 g/mol. The number of nitrogens with zero attached hydrogens (tertiary/aromatic N) is 2. The van der Waals surface area contributed by atoms with E-state index in [0.717, 1.165) is 16.8 Å². The maximum Gasteiger partial charge on any atom is 0.262 e. The van der Waals surface area contributed by atoms with Gasteiger partial charge in [-0.15, -0.1) is 11.3 Å². The Balaban J connectivity index is 1.45. The number of anilines is 1. The molecule has 2 aromatic carbocycles. The lowest BCUT2D eigenvalue weighted by Gasteiger charge is -2.14. The molecule has 2 aromatic heterocycles. The van der Waals surface area contributed by atoms with Gasteiger partial charge in [-0.2, -0.15) is 0 Å². The summed E-state index contributed by atoms with van der Waals surface area (Å²) in [5, 5.41) is 4.74. The molecule has 0 atom stereocenters. The number of hydrogen-bond acceptors (Lipinski definition) is 6. The number of benzene rings is 2. The number of hydrogen-bond donors (Lipinski definition) is 1. The SMILES string of the molecule is Cc1ccc(OCc2cc(=O)n3c(C)csc3n2)c(NC(=O)COc2ccccc2C)c1. The summed E-state index contributed by atoms with van der Waals surface area (Å²) in [6, 6.07) is 14.5. The smallest absolute Gasteiger partial charge is 0.262 e. The van der Waals surface area contributed by atoms with Crippen LogP contribution in [0.3, 0.4) is 0 Å². The molecule has 164 valence electrons. The van der Waals surface area contributed by atoms with E-state index in [-0.39, 0.29) is 24.7 Å². The summed E-state index contributed by atoms with van der Waals surface area (Å²) in [7, 11) is 0. The number of ether oxygens (including phenoxy) is 2. The minimum absolute atomic E-state index is 0.105. The zero-order chi connectivity index (χ0) is 22.7. The van der Waals surface area contributed by atoms with Gasteiger partial charge in [0.15, 0.2) is 11.6 Å². The molecule has 0 aliphatic heterocycles. The molecule has 0 saturated carbocycles. The molecule has 1 amide bonds. The first-order chi connectivity index (χ1) is 15.4. The van der Waals surface area contributed by atoms with Crippen LogP contribution in [0.2, 0.25) is 0 Å². The maximum absolute atomic E-state index is 12.5. The van der Waals surface area contributed by atoms with Crippen molar-refractivity contribution in [2.45, 2.75) is 27.4 Å². The fourth-order valence-electron chi connectivity index (χ4n) is 3.24. The van der Waals surface area contributed by atoms with Gasteiger partial charge in [-0.1, -0.05) is 24.3 Å². The van der Waals surface area contributed by atoms with E-state index in [2.05, 4.69) is 10.3 Å². The largest absolute Gasteiger partial charge is 0.485 e. The molecule has 0 unspecified atom stereocenters. The fourth-order valence-corrected chi connectivity index (χ4v) is 4.13. The van der Waals surface area contributed by atoms with Crippen LogP contribution in [0.25, 0.3) is 4.96 Å². The van der Waals surface area contributed by atoms with Crippen molar-refractivity contribution in [1.29, 1.82) is 0 Å². The molecule has 0 bridgehead atoms. The topological polar surface area (TPSA) is 81.9 Å². The monoisotopic (exact) mass is 449 g/mol. The van der Waals surface area contributed by atoms with Crippen LogP contribution in [-0.4, -0.2) is 21.9 Å². The molecule has 8 heteroatoms. The van der Waals surface area contributed by atoms with E-state index >= 15 is 0 Å². The van der Waals surface area contributed by atoms with Gasteiger partial charge in [0, 0.05) is 17.1 Å². The Kier molecular flexibility index (Phi) is 6.23. The number of carbonyl (C=O) groups is 1. The van der Waals surface area contributed by atoms with E-state index in [1.54, 1.807) is 10.5 Å². The first kappa shape index (κ1) is 21.6. The van der Waals surface area contributed by atoms with Crippen LogP contribution in [0, 0.1) is 20.8 Å². The van der Waals surface area contributed by atoms with Crippen molar-refractivity contribution in [2.75, 3.05) is 11.9 Å². The average Bonchev–Trinajstić information content (AvgIpc) is 3.14. The molecule has 32 heavy (non-hydrogen) atoms. The second-order valence-electron chi connectivity index (χ2n) is 7.47. The molecule has 0 spiro atoms. The summed E-state index contributed by atoms with van der Waals surface area (Å²) >= 11 is 1.41. The molecule has 0 aliphatic rings. The van der Waals surface area contributed by atoms with Gasteiger partial charge in [-0.3, -0.25) is 14.0 Å². The maximum atomic E-state index is 12.5. The highest BCUT2D eigenvalue weighted by molar-refractivity contribution is 7.15. The van der Waals surface area contributed by atoms with Crippen LogP contribution in [0.5, 0.6) is 11.5 Å². The molecule has 0 radical (unpaired) electrons. The normalized spacial score (nSPS) is 10.8. The van der Waals surface area contributed by atoms with Gasteiger partial charge in [0.05, 0.1) is 11.4 Å². The van der Waals surface area contributed by atoms with E-state index in [4.69, 9.17) is 9.47 Å². The Bertz CT molecular complexity index is 1340. The quantitative estimate of drug-likeness (QED) is 0.455. The van der Waals surface area contributed by atoms with Crippen LogP contribution in [0.1, 0.15) is 22.5 Å². The van der Waals surface area contributed by atoms with Crippen LogP contribution in [0.4, 0.5) is 5.69 Å². The fraction of sp³-hybridized carbons (Fsp3) is 0.208. The third kappa shape index (κ3) is 4.81. The van der Waals surface area contributed by atoms with Crippen molar-refractivity contribution in [2.24, 2.45) is 0 Å². The van der Waals surface area contributed by atoms with E-state index < -0.39 is 0 Å². The summed E-state index contributed by atoms with van der Waals surface area (Å²) in [4.78, 5) is 30.0. The van der Waals surface area contributed by atoms with Crippen molar-refractivity contribution in [1.82, 2.24) is 9.38 Å². The highest BCUT2D eigenvalue weighted by atomic mass is 32.1. The lowest BCUT2D eigenvalue weighted by Crippen LogP contribution is -2.21. The minimum Gasteiger partial charge on any atom is -0.485 e. The Hall–Kier alpha value is -3.65. The molecule has 4 rings (SSSR count). The third-order valence-corrected chi connectivity index (χ3v) is 5.81. The number of amides is 1. The van der Waals surface area contributed by atoms with E-state index in [0.29, 0.717) is 27.8 Å². The molecule has 0 aliphatic carbocycles. The molecule has 4 aromatic rings. The van der Waals surface area contributed by atoms with Gasteiger partial charge in [0.1, 0.15) is 18.1 Å². The second-order valence-corrected chi connectivity index (χ2v) is 8.31. The molecule has 1 N–H and O–H groups in total. The van der Waals surface area contributed by atoms with E-state index in [1.165, 1.54) is 17.4 Å². The van der Waals surface area contributed by atoms with Gasteiger partial charge in [0.25, 0.3) is 11.5 Å². The number of fused-ring (bicyclic) bond motifs is 1. The van der Waals surface area contributed by atoms with Gasteiger partial charge in [-0.25, -0.2) is 4.98 Å². The van der Waals surface area contributed by atoms with Crippen LogP contribution >= 0.6 is 11.3 Å². The van der Waals surface area contributed by atoms with E-state index in [1.807, 2.05) is 62.5 Å². The zero-order valence-corrected chi connectivity index (χ0v) is 18.9. The van der Waals surface area contributed by atoms with Crippen LogP contribution < -0.4 is 20.3 Å². The Morgan fingerprint density at radius 3 is 2.69 bits per heavy atom. The van der Waals surface area contributed by atoms with Crippen LogP contribution in [-0.2, 0) is 11.4 Å². The number of thiazole rings is 1. The summed E-state index contributed by atoms with van der Waals surface area (Å²) in [5.41, 5.74) is 3.70. The van der Waals surface area contributed by atoms with Crippen LogP contribution in [0.15, 0.2) is 58.7 Å². The van der Waals surface area contributed by atoms with E-state index in [9.17, 15) is 9.59 Å². The summed E-state index contributed by atoms with van der Waals surface area (Å²) < 4.78 is 13.1. The molecular weight excluding hydrogens is 426 g/mol. The predicted octanol–water partition coefficient (Wildman–Crippen LogP) is 4.28. The van der Waals surface area contributed by atoms with Gasteiger partial charge < -0.3 is 14.8 Å². The van der Waals surface area contributed by atoms with Gasteiger partial charge >= 0.3 is 0 Å². The Morgan fingerprint density at radius 1 is 1.06 bits per heavy atom. The highest BCUT2D eigenvalue weighted by Gasteiger charge is 2.12. The lowest BCUT2D eigenvalue weighted by atomic mass is 10.2. The van der Waals surface area contributed by atoms with Gasteiger partial charge in [-0.05, 0) is 50.1 Å². The summed E-state index contributed by atoms with van der Waals surface area (Å²) in [6.07, 6.45) is 0. The second kappa shape index (κ2) is 9.23.